The quantitative estimate of drug-likeness (QED) is 0.637. The van der Waals surface area contributed by atoms with Crippen LogP contribution in [0, 0.1) is 6.92 Å². The number of rotatable bonds is 4. The first-order valence-corrected chi connectivity index (χ1v) is 5.88. The van der Waals surface area contributed by atoms with E-state index in [1.165, 1.54) is 0 Å². The minimum absolute atomic E-state index is 0. The van der Waals surface area contributed by atoms with Crippen molar-refractivity contribution in [3.63, 3.8) is 0 Å². The van der Waals surface area contributed by atoms with Crippen LogP contribution in [-0.2, 0) is 37.4 Å². The zero-order valence-corrected chi connectivity index (χ0v) is 13.7. The summed E-state index contributed by atoms with van der Waals surface area (Å²) in [5, 5.41) is 2.01. The fourth-order valence-corrected chi connectivity index (χ4v) is 1.82. The summed E-state index contributed by atoms with van der Waals surface area (Å²) < 4.78 is 10.4. The first-order chi connectivity index (χ1) is 8.76. The van der Waals surface area contributed by atoms with Crippen molar-refractivity contribution in [3.8, 4) is 5.75 Å². The molecule has 4 heteroatoms. The van der Waals surface area contributed by atoms with Crippen molar-refractivity contribution in [2.45, 2.75) is 6.92 Å². The second-order valence-electron chi connectivity index (χ2n) is 3.76. The van der Waals surface area contributed by atoms with Gasteiger partial charge in [0.1, 0.15) is 11.3 Å². The van der Waals surface area contributed by atoms with Crippen LogP contribution in [0.4, 0.5) is 0 Å². The smallest absolute Gasteiger partial charge is 0.341 e. The van der Waals surface area contributed by atoms with Crippen LogP contribution >= 0.6 is 0 Å². The predicted molar refractivity (Wildman–Crippen MR) is 70.8 cm³/mol. The molecule has 2 aromatic rings. The summed E-state index contributed by atoms with van der Waals surface area (Å²) >= 11 is 0. The summed E-state index contributed by atoms with van der Waals surface area (Å²) in [5.41, 5.74) is 0.444. The van der Waals surface area contributed by atoms with Gasteiger partial charge in [0.05, 0.1) is 6.61 Å². The van der Waals surface area contributed by atoms with Gasteiger partial charge in [0, 0.05) is 32.7 Å². The number of hydrogen-bond donors (Lipinski definition) is 0. The number of hydrogen-bond acceptors (Lipinski definition) is 3. The van der Waals surface area contributed by atoms with Crippen LogP contribution in [0.15, 0.2) is 36.4 Å². The molecule has 0 aliphatic carbocycles. The summed E-state index contributed by atoms with van der Waals surface area (Å²) in [6.07, 6.45) is 0. The van der Waals surface area contributed by atoms with Crippen molar-refractivity contribution in [2.24, 2.45) is 0 Å². The van der Waals surface area contributed by atoms with Gasteiger partial charge in [-0.2, -0.15) is 0 Å². The van der Waals surface area contributed by atoms with E-state index in [0.29, 0.717) is 17.9 Å². The molecule has 2 aromatic carbocycles. The third-order valence-corrected chi connectivity index (χ3v) is 2.60. The molecule has 0 bridgehead atoms. The van der Waals surface area contributed by atoms with Crippen LogP contribution < -0.4 is 4.74 Å². The molecule has 0 unspecified atom stereocenters. The van der Waals surface area contributed by atoms with E-state index >= 15 is 0 Å². The monoisotopic (exact) mass is 332 g/mol. The Morgan fingerprint density at radius 3 is 2.42 bits per heavy atom. The molecule has 2 rings (SSSR count). The molecule has 0 saturated heterocycles. The van der Waals surface area contributed by atoms with Gasteiger partial charge in [-0.15, -0.1) is 0 Å². The van der Waals surface area contributed by atoms with Gasteiger partial charge in [0.2, 0.25) is 0 Å². The number of carbonyl (C=O) groups is 1. The molecule has 0 aliphatic heterocycles. The SMILES string of the molecule is [CH2-]COc1cc2ccccc2cc1C(=O)OCC.[Y]. The van der Waals surface area contributed by atoms with Crippen LogP contribution in [0.1, 0.15) is 17.3 Å². The zero-order chi connectivity index (χ0) is 13.0. The third kappa shape index (κ3) is 3.77. The first-order valence-electron chi connectivity index (χ1n) is 5.88. The Labute approximate surface area is 138 Å². The van der Waals surface area contributed by atoms with Gasteiger partial charge in [0.25, 0.3) is 0 Å². The van der Waals surface area contributed by atoms with Gasteiger partial charge >= 0.3 is 5.97 Å². The number of carbonyl (C=O) groups excluding carboxylic acids is 1. The molecule has 1 radical (unpaired) electrons. The van der Waals surface area contributed by atoms with Crippen LogP contribution in [0.5, 0.6) is 5.75 Å². The van der Waals surface area contributed by atoms with Gasteiger partial charge < -0.3 is 16.4 Å². The molecular weight excluding hydrogens is 317 g/mol. The summed E-state index contributed by atoms with van der Waals surface area (Å²) in [6, 6.07) is 11.4. The molecule has 0 spiro atoms. The molecule has 19 heavy (non-hydrogen) atoms. The molecule has 0 amide bonds. The average Bonchev–Trinajstić information content (AvgIpc) is 2.38. The second kappa shape index (κ2) is 7.61. The normalized spacial score (nSPS) is 9.79. The standard InChI is InChI=1S/C15H15O3.Y/c1-3-17-14-10-12-8-6-5-7-11(12)9-13(14)15(16)18-4-2;/h5-10H,1,3-4H2,2H3;/q-1;. The molecule has 3 nitrogen and oxygen atoms in total. The molecule has 0 heterocycles. The summed E-state index contributed by atoms with van der Waals surface area (Å²) in [5.74, 6) is 0.147. The molecule has 0 atom stereocenters. The average molecular weight is 332 g/mol. The maximum absolute atomic E-state index is 11.9. The first kappa shape index (κ1) is 16.1. The Bertz CT molecular complexity index is 566. The van der Waals surface area contributed by atoms with Crippen LogP contribution in [0.3, 0.4) is 0 Å². The molecule has 0 fully saturated rings. The predicted octanol–water partition coefficient (Wildman–Crippen LogP) is 3.23. The molecule has 0 N–H and O–H groups in total. The van der Waals surface area contributed by atoms with E-state index < -0.39 is 0 Å². The van der Waals surface area contributed by atoms with Gasteiger partial charge in [0.15, 0.2) is 0 Å². The van der Waals surface area contributed by atoms with E-state index in [1.54, 1.807) is 13.0 Å². The number of benzene rings is 2. The largest absolute Gasteiger partial charge is 0.524 e. The van der Waals surface area contributed by atoms with E-state index in [-0.39, 0.29) is 45.3 Å². The van der Waals surface area contributed by atoms with Gasteiger partial charge in [-0.25, -0.2) is 4.79 Å². The fraction of sp³-hybridized carbons (Fsp3) is 0.200. The fourth-order valence-electron chi connectivity index (χ4n) is 1.82. The van der Waals surface area contributed by atoms with Crippen LogP contribution in [-0.4, -0.2) is 19.2 Å². The maximum Gasteiger partial charge on any atom is 0.341 e. The number of esters is 1. The van der Waals surface area contributed by atoms with Crippen molar-refractivity contribution in [3.05, 3.63) is 48.9 Å². The Morgan fingerprint density at radius 1 is 1.21 bits per heavy atom. The van der Waals surface area contributed by atoms with E-state index in [4.69, 9.17) is 9.47 Å². The minimum Gasteiger partial charge on any atom is -0.524 e. The maximum atomic E-state index is 11.9. The van der Waals surface area contributed by atoms with Gasteiger partial charge in [-0.05, 0) is 36.4 Å². The van der Waals surface area contributed by atoms with E-state index in [2.05, 4.69) is 6.92 Å². The Morgan fingerprint density at radius 2 is 1.84 bits per heavy atom. The summed E-state index contributed by atoms with van der Waals surface area (Å²) in [4.78, 5) is 11.9. The van der Waals surface area contributed by atoms with E-state index in [9.17, 15) is 4.79 Å². The Hall–Kier alpha value is -0.926. The van der Waals surface area contributed by atoms with Crippen LogP contribution in [0.2, 0.25) is 0 Å². The zero-order valence-electron chi connectivity index (χ0n) is 10.9. The van der Waals surface area contributed by atoms with Crippen molar-refractivity contribution >= 4 is 16.7 Å². The van der Waals surface area contributed by atoms with Crippen LogP contribution in [0.25, 0.3) is 10.8 Å². The van der Waals surface area contributed by atoms with Gasteiger partial charge in [-0.3, -0.25) is 0 Å². The summed E-state index contributed by atoms with van der Waals surface area (Å²) in [6.45, 7) is 6.02. The van der Waals surface area contributed by atoms with Crippen molar-refractivity contribution in [1.29, 1.82) is 0 Å². The number of ether oxygens (including phenoxy) is 2. The topological polar surface area (TPSA) is 35.5 Å². The number of fused-ring (bicyclic) bond motifs is 1. The molecular formula is C15H15O3Y-. The van der Waals surface area contributed by atoms with Crippen molar-refractivity contribution < 1.29 is 47.0 Å². The molecule has 0 aliphatic rings. The third-order valence-electron chi connectivity index (χ3n) is 2.60. The Kier molecular flexibility index (Phi) is 6.46. The molecule has 97 valence electrons. The molecule has 0 saturated carbocycles. The minimum atomic E-state index is -0.369. The van der Waals surface area contributed by atoms with Gasteiger partial charge in [-0.1, -0.05) is 24.3 Å². The summed E-state index contributed by atoms with van der Waals surface area (Å²) in [7, 11) is 0. The molecule has 0 aromatic heterocycles. The van der Waals surface area contributed by atoms with Crippen molar-refractivity contribution in [1.82, 2.24) is 0 Å². The van der Waals surface area contributed by atoms with E-state index in [0.717, 1.165) is 10.8 Å². The van der Waals surface area contributed by atoms with Crippen molar-refractivity contribution in [2.75, 3.05) is 13.2 Å². The Balaban J connectivity index is 0.00000180. The van der Waals surface area contributed by atoms with E-state index in [1.807, 2.05) is 30.3 Å². The second-order valence-corrected chi connectivity index (χ2v) is 3.76.